The first kappa shape index (κ1) is 27.9. The van der Waals surface area contributed by atoms with E-state index in [1.165, 1.54) is 30.0 Å². The number of carbonyl (C=O) groups excluding carboxylic acids is 1. The van der Waals surface area contributed by atoms with Gasteiger partial charge in [0.15, 0.2) is 0 Å². The lowest BCUT2D eigenvalue weighted by atomic mass is 9.77. The summed E-state index contributed by atoms with van der Waals surface area (Å²) in [4.78, 5) is 35.4. The molecule has 11 heteroatoms. The molecule has 1 heterocycles. The number of nitrogens with one attached hydrogen (secondary N) is 1. The number of anilines is 1. The zero-order chi connectivity index (χ0) is 28.4. The second-order valence-electron chi connectivity index (χ2n) is 10.0. The average Bonchev–Trinajstić information content (AvgIpc) is 3.28. The summed E-state index contributed by atoms with van der Waals surface area (Å²) in [6.07, 6.45) is 2.35. The fourth-order valence-electron chi connectivity index (χ4n) is 5.64. The monoisotopic (exact) mass is 581 g/mol. The number of hydrogen-bond acceptors (Lipinski definition) is 8. The Balaban J connectivity index is 1.51. The molecule has 0 saturated heterocycles. The Bertz CT molecular complexity index is 1440. The minimum Gasteiger partial charge on any atom is -0.462 e. The van der Waals surface area contributed by atoms with E-state index in [-0.39, 0.29) is 50.8 Å². The summed E-state index contributed by atoms with van der Waals surface area (Å²) in [5, 5.41) is 25.9. The van der Waals surface area contributed by atoms with Gasteiger partial charge in [0, 0.05) is 35.1 Å². The van der Waals surface area contributed by atoms with Gasteiger partial charge in [0.05, 0.1) is 38.3 Å². The molecule has 3 aromatic rings. The molecule has 5 rings (SSSR count). The molecule has 208 valence electrons. The van der Waals surface area contributed by atoms with E-state index in [2.05, 4.69) is 5.32 Å². The van der Waals surface area contributed by atoms with Crippen LogP contribution in [0.25, 0.3) is 0 Å². The van der Waals surface area contributed by atoms with Crippen LogP contribution in [0.5, 0.6) is 0 Å². The standard InChI is InChI=1S/C29H28ClN3O6S/c1-2-3-14-39-29(34)18-10-13-22-20(15-18)26-21(28(31-22)17-8-11-19(12-9-17)32(35)36)16-25(27(26)30)40-24-7-5-4-6-23(24)33(37)38/h4-13,15,21,25-28,31H,2-3,14,16H2,1H3. The highest BCUT2D eigenvalue weighted by molar-refractivity contribution is 8.00. The van der Waals surface area contributed by atoms with Crippen LogP contribution in [-0.2, 0) is 4.74 Å². The largest absolute Gasteiger partial charge is 0.462 e. The number of halogens is 1. The van der Waals surface area contributed by atoms with Crippen LogP contribution in [0.3, 0.4) is 0 Å². The van der Waals surface area contributed by atoms with Crippen LogP contribution < -0.4 is 5.32 Å². The fourth-order valence-corrected chi connectivity index (χ4v) is 7.58. The molecule has 0 amide bonds. The van der Waals surface area contributed by atoms with Crippen LogP contribution in [0.1, 0.15) is 59.6 Å². The maximum absolute atomic E-state index is 12.8. The van der Waals surface area contributed by atoms with Crippen molar-refractivity contribution >= 4 is 46.4 Å². The lowest BCUT2D eigenvalue weighted by Gasteiger charge is -2.38. The summed E-state index contributed by atoms with van der Waals surface area (Å²) in [6, 6.07) is 18.3. The second-order valence-corrected chi connectivity index (χ2v) is 11.8. The number of unbranched alkanes of at least 4 members (excludes halogenated alkanes) is 1. The number of nitro benzene ring substituents is 2. The van der Waals surface area contributed by atoms with Crippen LogP contribution in [0.15, 0.2) is 71.6 Å². The summed E-state index contributed by atoms with van der Waals surface area (Å²) >= 11 is 8.59. The van der Waals surface area contributed by atoms with Crippen molar-refractivity contribution in [2.45, 2.75) is 53.7 Å². The Morgan fingerprint density at radius 2 is 1.82 bits per heavy atom. The van der Waals surface area contributed by atoms with Crippen molar-refractivity contribution in [1.82, 2.24) is 0 Å². The summed E-state index contributed by atoms with van der Waals surface area (Å²) in [5.74, 6) is -0.579. The Labute approximate surface area is 240 Å². The van der Waals surface area contributed by atoms with Gasteiger partial charge in [-0.3, -0.25) is 20.2 Å². The first-order valence-corrected chi connectivity index (χ1v) is 14.5. The van der Waals surface area contributed by atoms with Gasteiger partial charge in [-0.15, -0.1) is 23.4 Å². The zero-order valence-electron chi connectivity index (χ0n) is 21.7. The van der Waals surface area contributed by atoms with Crippen molar-refractivity contribution in [2.75, 3.05) is 11.9 Å². The Kier molecular flexibility index (Phi) is 8.27. The highest BCUT2D eigenvalue weighted by atomic mass is 35.5. The summed E-state index contributed by atoms with van der Waals surface area (Å²) in [6.45, 7) is 2.38. The van der Waals surface area contributed by atoms with Crippen molar-refractivity contribution < 1.29 is 19.4 Å². The number of rotatable bonds is 9. The van der Waals surface area contributed by atoms with Crippen molar-refractivity contribution in [1.29, 1.82) is 0 Å². The second kappa shape index (κ2) is 11.9. The average molecular weight is 582 g/mol. The summed E-state index contributed by atoms with van der Waals surface area (Å²) < 4.78 is 5.44. The molecule has 2 aliphatic rings. The van der Waals surface area contributed by atoms with Crippen molar-refractivity contribution in [3.05, 3.63) is 104 Å². The van der Waals surface area contributed by atoms with Gasteiger partial charge in [0.25, 0.3) is 11.4 Å². The quantitative estimate of drug-likeness (QED) is 0.0905. The molecule has 5 unspecified atom stereocenters. The summed E-state index contributed by atoms with van der Waals surface area (Å²) in [5.41, 5.74) is 3.11. The smallest absolute Gasteiger partial charge is 0.338 e. The van der Waals surface area contributed by atoms with E-state index < -0.39 is 4.92 Å². The minimum atomic E-state index is -0.429. The number of fused-ring (bicyclic) bond motifs is 3. The molecule has 0 radical (unpaired) electrons. The number of nitrogens with zero attached hydrogens (tertiary/aromatic N) is 2. The molecule has 1 saturated carbocycles. The van der Waals surface area contributed by atoms with Gasteiger partial charge in [-0.05, 0) is 54.2 Å². The van der Waals surface area contributed by atoms with Gasteiger partial charge >= 0.3 is 5.97 Å². The van der Waals surface area contributed by atoms with Crippen LogP contribution in [-0.4, -0.2) is 33.0 Å². The number of esters is 1. The Morgan fingerprint density at radius 3 is 2.52 bits per heavy atom. The third-order valence-corrected chi connectivity index (χ3v) is 9.70. The third-order valence-electron chi connectivity index (χ3n) is 7.58. The number of alkyl halides is 1. The van der Waals surface area contributed by atoms with Gasteiger partial charge in [0.2, 0.25) is 0 Å². The highest BCUT2D eigenvalue weighted by Crippen LogP contribution is 2.58. The summed E-state index contributed by atoms with van der Waals surface area (Å²) in [7, 11) is 0. The molecule has 1 N–H and O–H groups in total. The molecule has 40 heavy (non-hydrogen) atoms. The maximum Gasteiger partial charge on any atom is 0.338 e. The molecule has 0 spiro atoms. The number of para-hydroxylation sites is 1. The zero-order valence-corrected chi connectivity index (χ0v) is 23.3. The molecule has 0 bridgehead atoms. The van der Waals surface area contributed by atoms with Crippen LogP contribution in [0.4, 0.5) is 17.1 Å². The highest BCUT2D eigenvalue weighted by Gasteiger charge is 2.50. The molecular weight excluding hydrogens is 554 g/mol. The Hall–Kier alpha value is -3.63. The topological polar surface area (TPSA) is 125 Å². The predicted molar refractivity (Wildman–Crippen MR) is 154 cm³/mol. The van der Waals surface area contributed by atoms with Gasteiger partial charge < -0.3 is 10.1 Å². The van der Waals surface area contributed by atoms with Crippen LogP contribution in [0, 0.1) is 26.1 Å². The first-order valence-electron chi connectivity index (χ1n) is 13.1. The van der Waals surface area contributed by atoms with Crippen molar-refractivity contribution in [2.24, 2.45) is 5.92 Å². The van der Waals surface area contributed by atoms with Gasteiger partial charge in [-0.2, -0.15) is 0 Å². The molecule has 1 aliphatic heterocycles. The number of benzene rings is 3. The van der Waals surface area contributed by atoms with Gasteiger partial charge in [-0.25, -0.2) is 4.79 Å². The lowest BCUT2D eigenvalue weighted by Crippen LogP contribution is -2.31. The SMILES string of the molecule is CCCCOC(=O)c1ccc2c(c1)C1C(Cl)C(Sc3ccccc3[N+](=O)[O-])CC1C(c1ccc([N+](=O)[O-])cc1)N2. The first-order chi connectivity index (χ1) is 19.3. The molecule has 1 aliphatic carbocycles. The van der Waals surface area contributed by atoms with E-state index in [1.807, 2.05) is 19.1 Å². The number of carbonyl (C=O) groups is 1. The maximum atomic E-state index is 12.8. The lowest BCUT2D eigenvalue weighted by molar-refractivity contribution is -0.387. The number of hydrogen-bond donors (Lipinski definition) is 1. The minimum absolute atomic E-state index is 0.00852. The van der Waals surface area contributed by atoms with E-state index in [0.29, 0.717) is 23.5 Å². The fraction of sp³-hybridized carbons (Fsp3) is 0.345. The van der Waals surface area contributed by atoms with Crippen molar-refractivity contribution in [3.63, 3.8) is 0 Å². The van der Waals surface area contributed by atoms with Crippen LogP contribution in [0.2, 0.25) is 0 Å². The molecule has 9 nitrogen and oxygen atoms in total. The number of nitro groups is 2. The van der Waals surface area contributed by atoms with E-state index in [4.69, 9.17) is 16.3 Å². The van der Waals surface area contributed by atoms with Gasteiger partial charge in [0.1, 0.15) is 0 Å². The van der Waals surface area contributed by atoms with Crippen molar-refractivity contribution in [3.8, 4) is 0 Å². The molecular formula is C29H28ClN3O6S. The predicted octanol–water partition coefficient (Wildman–Crippen LogP) is 7.50. The molecule has 0 aromatic heterocycles. The third kappa shape index (κ3) is 5.51. The van der Waals surface area contributed by atoms with Crippen LogP contribution >= 0.6 is 23.4 Å². The van der Waals surface area contributed by atoms with E-state index in [1.54, 1.807) is 36.4 Å². The van der Waals surface area contributed by atoms with E-state index >= 15 is 0 Å². The number of thioether (sulfide) groups is 1. The number of ether oxygens (including phenoxy) is 1. The van der Waals surface area contributed by atoms with E-state index in [9.17, 15) is 25.0 Å². The molecule has 1 fully saturated rings. The van der Waals surface area contributed by atoms with E-state index in [0.717, 1.165) is 29.7 Å². The molecule has 3 aromatic carbocycles. The molecule has 5 atom stereocenters. The number of non-ortho nitro benzene ring substituents is 1. The Morgan fingerprint density at radius 1 is 1.07 bits per heavy atom. The van der Waals surface area contributed by atoms with Gasteiger partial charge in [-0.1, -0.05) is 37.6 Å². The normalized spacial score (nSPS) is 23.0.